The van der Waals surface area contributed by atoms with E-state index in [4.69, 9.17) is 4.42 Å². The van der Waals surface area contributed by atoms with E-state index in [1.165, 1.54) is 24.3 Å². The van der Waals surface area contributed by atoms with E-state index in [2.05, 4.69) is 0 Å². The third kappa shape index (κ3) is 4.92. The Kier molecular flexibility index (Phi) is 6.19. The molecule has 1 amide bonds. The molecule has 27 heavy (non-hydrogen) atoms. The molecule has 0 N–H and O–H groups in total. The third-order valence-electron chi connectivity index (χ3n) is 4.11. The van der Waals surface area contributed by atoms with Crippen molar-refractivity contribution in [3.05, 3.63) is 89.6 Å². The van der Waals surface area contributed by atoms with Crippen LogP contribution in [0.15, 0.2) is 76.0 Å². The summed E-state index contributed by atoms with van der Waals surface area (Å²) in [6.07, 6.45) is 0. The molecule has 3 rings (SSSR count). The van der Waals surface area contributed by atoms with Crippen LogP contribution in [0, 0.1) is 5.82 Å². The standard InChI is InChI=1S/C21H20FNO3S/c1-2-23(14-16-6-4-3-5-7-16)21(24)20-13-10-18(26-20)15-27(25)19-11-8-17(22)9-12-19/h3-13H,2,14-15H2,1H3. The SMILES string of the molecule is CCN(Cc1ccccc1)C(=O)c1ccc(CS(=O)c2ccc(F)cc2)o1. The normalized spacial score (nSPS) is 11.9. The van der Waals surface area contributed by atoms with Crippen molar-refractivity contribution >= 4 is 16.7 Å². The van der Waals surface area contributed by atoms with Crippen molar-refractivity contribution in [2.75, 3.05) is 6.54 Å². The quantitative estimate of drug-likeness (QED) is 0.606. The van der Waals surface area contributed by atoms with E-state index in [0.29, 0.717) is 23.7 Å². The smallest absolute Gasteiger partial charge is 0.289 e. The predicted molar refractivity (Wildman–Crippen MR) is 102 cm³/mol. The summed E-state index contributed by atoms with van der Waals surface area (Å²) < 4.78 is 31.0. The maximum Gasteiger partial charge on any atom is 0.289 e. The van der Waals surface area contributed by atoms with Gasteiger partial charge in [-0.1, -0.05) is 30.3 Å². The number of amides is 1. The van der Waals surface area contributed by atoms with Crippen LogP contribution < -0.4 is 0 Å². The average molecular weight is 385 g/mol. The van der Waals surface area contributed by atoms with Gasteiger partial charge in [-0.25, -0.2) is 4.39 Å². The van der Waals surface area contributed by atoms with Crippen LogP contribution in [-0.4, -0.2) is 21.6 Å². The van der Waals surface area contributed by atoms with Crippen molar-refractivity contribution in [1.29, 1.82) is 0 Å². The molecule has 4 nitrogen and oxygen atoms in total. The fourth-order valence-corrected chi connectivity index (χ4v) is 3.68. The molecule has 2 aromatic carbocycles. The van der Waals surface area contributed by atoms with Gasteiger partial charge in [-0.3, -0.25) is 9.00 Å². The van der Waals surface area contributed by atoms with E-state index < -0.39 is 10.8 Å². The highest BCUT2D eigenvalue weighted by molar-refractivity contribution is 7.84. The molecular formula is C21H20FNO3S. The average Bonchev–Trinajstić information content (AvgIpc) is 3.15. The van der Waals surface area contributed by atoms with Crippen molar-refractivity contribution in [3.63, 3.8) is 0 Å². The van der Waals surface area contributed by atoms with Gasteiger partial charge in [0.05, 0.1) is 16.6 Å². The number of rotatable bonds is 7. The van der Waals surface area contributed by atoms with Crippen molar-refractivity contribution < 1.29 is 17.8 Å². The molecule has 1 heterocycles. The van der Waals surface area contributed by atoms with Crippen LogP contribution in [0.1, 0.15) is 28.8 Å². The lowest BCUT2D eigenvalue weighted by molar-refractivity contribution is 0.0719. The second-order valence-electron chi connectivity index (χ2n) is 6.01. The molecule has 1 atom stereocenters. The number of hydrogen-bond donors (Lipinski definition) is 0. The van der Waals surface area contributed by atoms with Gasteiger partial charge < -0.3 is 9.32 Å². The van der Waals surface area contributed by atoms with Crippen LogP contribution in [0.4, 0.5) is 4.39 Å². The number of hydrogen-bond acceptors (Lipinski definition) is 3. The van der Waals surface area contributed by atoms with E-state index in [0.717, 1.165) is 5.56 Å². The Morgan fingerprint density at radius 3 is 2.41 bits per heavy atom. The molecule has 0 aliphatic carbocycles. The van der Waals surface area contributed by atoms with Crippen molar-refractivity contribution in [3.8, 4) is 0 Å². The van der Waals surface area contributed by atoms with Gasteiger partial charge in [-0.05, 0) is 48.9 Å². The Morgan fingerprint density at radius 2 is 1.74 bits per heavy atom. The van der Waals surface area contributed by atoms with Crippen molar-refractivity contribution in [2.24, 2.45) is 0 Å². The minimum absolute atomic E-state index is 0.129. The maximum absolute atomic E-state index is 13.0. The summed E-state index contributed by atoms with van der Waals surface area (Å²) in [4.78, 5) is 14.9. The molecule has 140 valence electrons. The highest BCUT2D eigenvalue weighted by Crippen LogP contribution is 2.17. The summed E-state index contributed by atoms with van der Waals surface area (Å²) >= 11 is 0. The Balaban J connectivity index is 1.67. The van der Waals surface area contributed by atoms with Gasteiger partial charge in [0.1, 0.15) is 11.6 Å². The Labute approximate surface area is 160 Å². The molecule has 0 radical (unpaired) electrons. The highest BCUT2D eigenvalue weighted by Gasteiger charge is 2.19. The van der Waals surface area contributed by atoms with Gasteiger partial charge in [0, 0.05) is 18.0 Å². The molecule has 0 spiro atoms. The number of carbonyl (C=O) groups excluding carboxylic acids is 1. The first-order chi connectivity index (χ1) is 13.1. The number of carbonyl (C=O) groups is 1. The van der Waals surface area contributed by atoms with Crippen LogP contribution in [0.2, 0.25) is 0 Å². The fourth-order valence-electron chi connectivity index (χ4n) is 2.66. The van der Waals surface area contributed by atoms with Crippen LogP contribution in [0.3, 0.4) is 0 Å². The topological polar surface area (TPSA) is 50.5 Å². The van der Waals surface area contributed by atoms with Crippen molar-refractivity contribution in [2.45, 2.75) is 24.1 Å². The first-order valence-corrected chi connectivity index (χ1v) is 9.94. The first kappa shape index (κ1) is 19.0. The van der Waals surface area contributed by atoms with Gasteiger partial charge in [0.25, 0.3) is 5.91 Å². The molecule has 0 saturated carbocycles. The zero-order chi connectivity index (χ0) is 19.2. The third-order valence-corrected chi connectivity index (χ3v) is 5.45. The molecule has 0 fully saturated rings. The van der Waals surface area contributed by atoms with Crippen LogP contribution >= 0.6 is 0 Å². The summed E-state index contributed by atoms with van der Waals surface area (Å²) in [5.41, 5.74) is 1.04. The van der Waals surface area contributed by atoms with E-state index >= 15 is 0 Å². The lowest BCUT2D eigenvalue weighted by Gasteiger charge is -2.19. The van der Waals surface area contributed by atoms with Gasteiger partial charge in [0.15, 0.2) is 5.76 Å². The molecular weight excluding hydrogens is 365 g/mol. The van der Waals surface area contributed by atoms with Crippen LogP contribution in [-0.2, 0) is 23.1 Å². The first-order valence-electron chi connectivity index (χ1n) is 8.62. The Morgan fingerprint density at radius 1 is 1.04 bits per heavy atom. The van der Waals surface area contributed by atoms with E-state index in [1.807, 2.05) is 37.3 Å². The number of benzene rings is 2. The number of furan rings is 1. The van der Waals surface area contributed by atoms with Gasteiger partial charge >= 0.3 is 0 Å². The molecule has 1 unspecified atom stereocenters. The van der Waals surface area contributed by atoms with Crippen LogP contribution in [0.25, 0.3) is 0 Å². The summed E-state index contributed by atoms with van der Waals surface area (Å²) in [6, 6.07) is 18.5. The monoisotopic (exact) mass is 385 g/mol. The molecule has 0 bridgehead atoms. The Bertz CT molecular complexity index is 922. The summed E-state index contributed by atoms with van der Waals surface area (Å²) in [5, 5.41) is 0. The lowest BCUT2D eigenvalue weighted by atomic mass is 10.2. The molecule has 0 aliphatic heterocycles. The van der Waals surface area contributed by atoms with Crippen LogP contribution in [0.5, 0.6) is 0 Å². The minimum atomic E-state index is -1.37. The van der Waals surface area contributed by atoms with Gasteiger partial charge in [-0.15, -0.1) is 0 Å². The van der Waals surface area contributed by atoms with E-state index in [9.17, 15) is 13.4 Å². The zero-order valence-corrected chi connectivity index (χ0v) is 15.7. The number of nitrogens with zero attached hydrogens (tertiary/aromatic N) is 1. The lowest BCUT2D eigenvalue weighted by Crippen LogP contribution is -2.29. The fraction of sp³-hybridized carbons (Fsp3) is 0.190. The van der Waals surface area contributed by atoms with E-state index in [1.54, 1.807) is 17.0 Å². The second kappa shape index (κ2) is 8.77. The minimum Gasteiger partial charge on any atom is -0.455 e. The highest BCUT2D eigenvalue weighted by atomic mass is 32.2. The maximum atomic E-state index is 13.0. The van der Waals surface area contributed by atoms with Crippen molar-refractivity contribution in [1.82, 2.24) is 4.90 Å². The van der Waals surface area contributed by atoms with Gasteiger partial charge in [0.2, 0.25) is 0 Å². The summed E-state index contributed by atoms with van der Waals surface area (Å²) in [7, 11) is -1.37. The molecule has 6 heteroatoms. The summed E-state index contributed by atoms with van der Waals surface area (Å²) in [5.74, 6) is 0.222. The van der Waals surface area contributed by atoms with E-state index in [-0.39, 0.29) is 23.2 Å². The molecule has 0 saturated heterocycles. The Hall–Kier alpha value is -2.73. The summed E-state index contributed by atoms with van der Waals surface area (Å²) in [6.45, 7) is 2.95. The zero-order valence-electron chi connectivity index (χ0n) is 14.9. The second-order valence-corrected chi connectivity index (χ2v) is 7.47. The van der Waals surface area contributed by atoms with Gasteiger partial charge in [-0.2, -0.15) is 0 Å². The molecule has 1 aromatic heterocycles. The largest absolute Gasteiger partial charge is 0.455 e. The molecule has 0 aliphatic rings. The molecule has 3 aromatic rings. The predicted octanol–water partition coefficient (Wildman–Crippen LogP) is 4.39. The number of halogens is 1.